The second-order valence-electron chi connectivity index (χ2n) is 5.65. The van der Waals surface area contributed by atoms with Gasteiger partial charge in [-0.2, -0.15) is 0 Å². The molecule has 2 heterocycles. The highest BCUT2D eigenvalue weighted by atomic mass is 32.1. The van der Waals surface area contributed by atoms with Gasteiger partial charge in [0.25, 0.3) is 0 Å². The van der Waals surface area contributed by atoms with Crippen molar-refractivity contribution in [2.75, 3.05) is 13.1 Å². The molecular formula is C15H22N2O3S. The van der Waals surface area contributed by atoms with E-state index in [9.17, 15) is 14.7 Å². The third kappa shape index (κ3) is 3.37. The van der Waals surface area contributed by atoms with Crippen molar-refractivity contribution in [3.8, 4) is 0 Å². The van der Waals surface area contributed by atoms with Crippen molar-refractivity contribution in [3.05, 3.63) is 21.9 Å². The standard InChI is InChI=1S/C15H22N2O3S/c1-3-15(13(18)19)6-4-7-17(10-15)14(20)16-9-12-11(2)5-8-21-12/h5,8H,3-4,6-7,9-10H2,1-2H3,(H,16,20)(H,18,19). The molecule has 0 aromatic carbocycles. The number of hydrogen-bond acceptors (Lipinski definition) is 3. The van der Waals surface area contributed by atoms with Crippen molar-refractivity contribution in [2.45, 2.75) is 39.7 Å². The summed E-state index contributed by atoms with van der Waals surface area (Å²) >= 11 is 1.62. The zero-order valence-electron chi connectivity index (χ0n) is 12.5. The second kappa shape index (κ2) is 6.47. The Morgan fingerprint density at radius 1 is 1.52 bits per heavy atom. The molecule has 5 nitrogen and oxygen atoms in total. The molecule has 2 N–H and O–H groups in total. The number of hydrogen-bond donors (Lipinski definition) is 2. The lowest BCUT2D eigenvalue weighted by molar-refractivity contribution is -0.152. The Hall–Kier alpha value is -1.56. The zero-order valence-corrected chi connectivity index (χ0v) is 13.3. The summed E-state index contributed by atoms with van der Waals surface area (Å²) in [5, 5.41) is 14.4. The summed E-state index contributed by atoms with van der Waals surface area (Å²) in [7, 11) is 0. The van der Waals surface area contributed by atoms with E-state index in [1.807, 2.05) is 25.3 Å². The van der Waals surface area contributed by atoms with Crippen LogP contribution in [0, 0.1) is 12.3 Å². The smallest absolute Gasteiger partial charge is 0.317 e. The van der Waals surface area contributed by atoms with Crippen LogP contribution < -0.4 is 5.32 Å². The molecule has 1 aromatic rings. The van der Waals surface area contributed by atoms with E-state index in [4.69, 9.17) is 0 Å². The first kappa shape index (κ1) is 15.8. The second-order valence-corrected chi connectivity index (χ2v) is 6.65. The Labute approximate surface area is 129 Å². The fourth-order valence-electron chi connectivity index (χ4n) is 2.77. The zero-order chi connectivity index (χ0) is 15.5. The molecule has 1 aromatic heterocycles. The Kier molecular flexibility index (Phi) is 4.88. The number of nitrogens with zero attached hydrogens (tertiary/aromatic N) is 1. The minimum atomic E-state index is -0.795. The molecule has 116 valence electrons. The summed E-state index contributed by atoms with van der Waals surface area (Å²) in [5.41, 5.74) is 0.390. The maximum Gasteiger partial charge on any atom is 0.317 e. The Morgan fingerprint density at radius 3 is 2.86 bits per heavy atom. The van der Waals surface area contributed by atoms with Gasteiger partial charge in [-0.25, -0.2) is 4.79 Å². The number of aryl methyl sites for hydroxylation is 1. The lowest BCUT2D eigenvalue weighted by Gasteiger charge is -2.39. The summed E-state index contributed by atoms with van der Waals surface area (Å²) in [6.45, 7) is 5.33. The number of carbonyl (C=O) groups is 2. The van der Waals surface area contributed by atoms with E-state index in [1.54, 1.807) is 16.2 Å². The van der Waals surface area contributed by atoms with Crippen molar-refractivity contribution in [1.29, 1.82) is 0 Å². The Morgan fingerprint density at radius 2 is 2.29 bits per heavy atom. The van der Waals surface area contributed by atoms with Crippen molar-refractivity contribution in [3.63, 3.8) is 0 Å². The van der Waals surface area contributed by atoms with Gasteiger partial charge in [-0.1, -0.05) is 6.92 Å². The summed E-state index contributed by atoms with van der Waals surface area (Å²) < 4.78 is 0. The van der Waals surface area contributed by atoms with Crippen LogP contribution in [0.3, 0.4) is 0 Å². The molecule has 0 bridgehead atoms. The topological polar surface area (TPSA) is 69.6 Å². The lowest BCUT2D eigenvalue weighted by atomic mass is 9.78. The molecule has 1 aliphatic heterocycles. The molecule has 1 fully saturated rings. The largest absolute Gasteiger partial charge is 0.481 e. The highest BCUT2D eigenvalue weighted by molar-refractivity contribution is 7.10. The van der Waals surface area contributed by atoms with Crippen molar-refractivity contribution in [1.82, 2.24) is 10.2 Å². The fourth-order valence-corrected chi connectivity index (χ4v) is 3.62. The molecule has 2 amide bonds. The SMILES string of the molecule is CCC1(C(=O)O)CCCN(C(=O)NCc2sccc2C)C1. The lowest BCUT2D eigenvalue weighted by Crippen LogP contribution is -2.52. The number of aliphatic carboxylic acids is 1. The minimum Gasteiger partial charge on any atom is -0.481 e. The van der Waals surface area contributed by atoms with Gasteiger partial charge in [0.15, 0.2) is 0 Å². The van der Waals surface area contributed by atoms with Gasteiger partial charge in [-0.3, -0.25) is 4.79 Å². The van der Waals surface area contributed by atoms with Gasteiger partial charge in [0.05, 0.1) is 12.0 Å². The van der Waals surface area contributed by atoms with E-state index in [2.05, 4.69) is 5.32 Å². The van der Waals surface area contributed by atoms with Crippen LogP contribution >= 0.6 is 11.3 Å². The van der Waals surface area contributed by atoms with Gasteiger partial charge >= 0.3 is 12.0 Å². The minimum absolute atomic E-state index is 0.165. The number of piperidine rings is 1. The summed E-state index contributed by atoms with van der Waals surface area (Å²) in [6, 6.07) is 1.86. The van der Waals surface area contributed by atoms with Gasteiger partial charge in [0, 0.05) is 18.0 Å². The first-order chi connectivity index (χ1) is 9.98. The van der Waals surface area contributed by atoms with E-state index in [-0.39, 0.29) is 6.03 Å². The molecule has 1 aliphatic rings. The van der Waals surface area contributed by atoms with Crippen LogP contribution in [0.25, 0.3) is 0 Å². The van der Waals surface area contributed by atoms with Crippen molar-refractivity contribution < 1.29 is 14.7 Å². The van der Waals surface area contributed by atoms with Crippen LogP contribution in [-0.2, 0) is 11.3 Å². The number of carboxylic acid groups (broad SMARTS) is 1. The molecule has 0 radical (unpaired) electrons. The average Bonchev–Trinajstić information content (AvgIpc) is 2.89. The number of urea groups is 1. The van der Waals surface area contributed by atoms with Gasteiger partial charge < -0.3 is 15.3 Å². The third-order valence-electron chi connectivity index (χ3n) is 4.36. The molecular weight excluding hydrogens is 288 g/mol. The maximum atomic E-state index is 12.3. The molecule has 1 atom stereocenters. The summed E-state index contributed by atoms with van der Waals surface area (Å²) in [5.74, 6) is -0.795. The number of likely N-dealkylation sites (tertiary alicyclic amines) is 1. The monoisotopic (exact) mass is 310 g/mol. The van der Waals surface area contributed by atoms with Crippen molar-refractivity contribution >= 4 is 23.3 Å². The molecule has 1 saturated heterocycles. The van der Waals surface area contributed by atoms with E-state index >= 15 is 0 Å². The quantitative estimate of drug-likeness (QED) is 0.898. The maximum absolute atomic E-state index is 12.3. The van der Waals surface area contributed by atoms with Gasteiger partial charge in [-0.05, 0) is 43.2 Å². The Bertz CT molecular complexity index is 529. The summed E-state index contributed by atoms with van der Waals surface area (Å²) in [6.07, 6.45) is 1.94. The van der Waals surface area contributed by atoms with Crippen LogP contribution in [0.15, 0.2) is 11.4 Å². The van der Waals surface area contributed by atoms with E-state index in [1.165, 1.54) is 5.56 Å². The van der Waals surface area contributed by atoms with Crippen LogP contribution in [0.2, 0.25) is 0 Å². The fraction of sp³-hybridized carbons (Fsp3) is 0.600. The van der Waals surface area contributed by atoms with Crippen LogP contribution in [0.5, 0.6) is 0 Å². The predicted molar refractivity (Wildman–Crippen MR) is 82.5 cm³/mol. The number of carbonyl (C=O) groups excluding carboxylic acids is 1. The predicted octanol–water partition coefficient (Wildman–Crippen LogP) is 2.84. The number of carboxylic acids is 1. The molecule has 6 heteroatoms. The first-order valence-electron chi connectivity index (χ1n) is 7.27. The van der Waals surface area contributed by atoms with Gasteiger partial charge in [-0.15, -0.1) is 11.3 Å². The molecule has 0 spiro atoms. The number of thiophene rings is 1. The summed E-state index contributed by atoms with van der Waals surface area (Å²) in [4.78, 5) is 26.5. The van der Waals surface area contributed by atoms with Crippen LogP contribution in [0.4, 0.5) is 4.79 Å². The van der Waals surface area contributed by atoms with Crippen LogP contribution in [0.1, 0.15) is 36.6 Å². The highest BCUT2D eigenvalue weighted by Crippen LogP contribution is 2.33. The molecule has 21 heavy (non-hydrogen) atoms. The molecule has 1 unspecified atom stereocenters. The van der Waals surface area contributed by atoms with Crippen molar-refractivity contribution in [2.24, 2.45) is 5.41 Å². The Balaban J connectivity index is 1.96. The van der Waals surface area contributed by atoms with E-state index in [0.29, 0.717) is 32.5 Å². The van der Waals surface area contributed by atoms with E-state index < -0.39 is 11.4 Å². The van der Waals surface area contributed by atoms with E-state index in [0.717, 1.165) is 11.3 Å². The number of nitrogens with one attached hydrogen (secondary N) is 1. The number of rotatable bonds is 4. The third-order valence-corrected chi connectivity index (χ3v) is 5.39. The molecule has 2 rings (SSSR count). The molecule has 0 saturated carbocycles. The number of amides is 2. The first-order valence-corrected chi connectivity index (χ1v) is 8.15. The van der Waals surface area contributed by atoms with Gasteiger partial charge in [0.1, 0.15) is 0 Å². The average molecular weight is 310 g/mol. The highest BCUT2D eigenvalue weighted by Gasteiger charge is 2.42. The van der Waals surface area contributed by atoms with Gasteiger partial charge in [0.2, 0.25) is 0 Å². The van der Waals surface area contributed by atoms with Crippen LogP contribution in [-0.4, -0.2) is 35.1 Å². The molecule has 0 aliphatic carbocycles. The normalized spacial score (nSPS) is 22.1.